The minimum Gasteiger partial charge on any atom is -0.391 e. The highest BCUT2D eigenvalue weighted by molar-refractivity contribution is 5.94. The Labute approximate surface area is 140 Å². The first-order valence-electron chi connectivity index (χ1n) is 8.63. The number of benzene rings is 1. The van der Waals surface area contributed by atoms with Gasteiger partial charge in [0.25, 0.3) is 11.8 Å². The van der Waals surface area contributed by atoms with Crippen LogP contribution in [0.5, 0.6) is 0 Å². The van der Waals surface area contributed by atoms with E-state index in [1.807, 2.05) is 12.1 Å². The van der Waals surface area contributed by atoms with Gasteiger partial charge in [0.05, 0.1) is 12.1 Å². The number of aromatic nitrogens is 2. The van der Waals surface area contributed by atoms with Gasteiger partial charge in [-0.3, -0.25) is 4.79 Å². The van der Waals surface area contributed by atoms with Gasteiger partial charge in [-0.25, -0.2) is 0 Å². The van der Waals surface area contributed by atoms with Crippen molar-refractivity contribution in [2.75, 3.05) is 0 Å². The number of hydrogen-bond acceptors (Lipinski definition) is 5. The van der Waals surface area contributed by atoms with E-state index in [9.17, 15) is 9.90 Å². The molecule has 1 amide bonds. The van der Waals surface area contributed by atoms with Crippen molar-refractivity contribution in [1.82, 2.24) is 15.5 Å². The highest BCUT2D eigenvalue weighted by atomic mass is 16.5. The molecule has 2 aliphatic rings. The van der Waals surface area contributed by atoms with Gasteiger partial charge >= 0.3 is 0 Å². The van der Waals surface area contributed by atoms with Crippen molar-refractivity contribution in [2.45, 2.75) is 56.6 Å². The Morgan fingerprint density at radius 2 is 1.88 bits per heavy atom. The van der Waals surface area contributed by atoms with E-state index in [-0.39, 0.29) is 11.9 Å². The summed E-state index contributed by atoms with van der Waals surface area (Å²) in [5.74, 6) is 1.57. The van der Waals surface area contributed by atoms with E-state index < -0.39 is 6.10 Å². The molecule has 0 bridgehead atoms. The normalized spacial score (nSPS) is 23.9. The van der Waals surface area contributed by atoms with Gasteiger partial charge in [0.1, 0.15) is 0 Å². The molecule has 2 saturated carbocycles. The molecule has 1 aromatic heterocycles. The summed E-state index contributed by atoms with van der Waals surface area (Å²) < 4.78 is 5.29. The summed E-state index contributed by atoms with van der Waals surface area (Å²) >= 11 is 0. The molecule has 126 valence electrons. The second-order valence-electron chi connectivity index (χ2n) is 6.74. The Morgan fingerprint density at radius 3 is 2.58 bits per heavy atom. The third-order valence-electron chi connectivity index (χ3n) is 4.82. The van der Waals surface area contributed by atoms with Gasteiger partial charge in [0, 0.05) is 17.0 Å². The Hall–Kier alpha value is -2.21. The van der Waals surface area contributed by atoms with Crippen molar-refractivity contribution in [1.29, 1.82) is 0 Å². The lowest BCUT2D eigenvalue weighted by molar-refractivity contribution is 0.0717. The molecular weight excluding hydrogens is 306 g/mol. The molecular formula is C18H21N3O3. The van der Waals surface area contributed by atoms with E-state index in [2.05, 4.69) is 15.5 Å². The highest BCUT2D eigenvalue weighted by Crippen LogP contribution is 2.38. The van der Waals surface area contributed by atoms with Crippen LogP contribution in [0.4, 0.5) is 0 Å². The number of nitrogens with one attached hydrogen (secondary N) is 1. The quantitative estimate of drug-likeness (QED) is 0.901. The first-order chi connectivity index (χ1) is 11.7. The molecule has 6 nitrogen and oxygen atoms in total. The predicted molar refractivity (Wildman–Crippen MR) is 87.4 cm³/mol. The molecule has 0 aliphatic heterocycles. The average Bonchev–Trinajstić information content (AvgIpc) is 3.34. The highest BCUT2D eigenvalue weighted by Gasteiger charge is 2.29. The molecule has 2 aliphatic carbocycles. The number of carbonyl (C=O) groups is 1. The summed E-state index contributed by atoms with van der Waals surface area (Å²) in [5, 5.41) is 16.9. The Balaban J connectivity index is 1.43. The lowest BCUT2D eigenvalue weighted by Crippen LogP contribution is -2.45. The van der Waals surface area contributed by atoms with E-state index in [1.54, 1.807) is 12.1 Å². The zero-order chi connectivity index (χ0) is 16.5. The summed E-state index contributed by atoms with van der Waals surface area (Å²) in [7, 11) is 0. The molecule has 1 heterocycles. The zero-order valence-electron chi connectivity index (χ0n) is 13.4. The summed E-state index contributed by atoms with van der Waals surface area (Å²) in [6.07, 6.45) is 5.47. The maximum Gasteiger partial charge on any atom is 0.257 e. The molecule has 24 heavy (non-hydrogen) atoms. The number of nitrogens with zero attached hydrogens (tertiary/aromatic N) is 2. The summed E-state index contributed by atoms with van der Waals surface area (Å²) in [4.78, 5) is 16.7. The second kappa shape index (κ2) is 6.36. The molecule has 4 rings (SSSR count). The third-order valence-corrected chi connectivity index (χ3v) is 4.82. The standard InChI is InChI=1S/C18H21N3O3/c22-15-4-2-1-3-14(15)19-17(23)12-7-9-13(10-8-12)18-20-16(21-24-18)11-5-6-11/h7-11,14-15,22H,1-6H2,(H,19,23). The number of amides is 1. The number of aliphatic hydroxyl groups is 1. The molecule has 2 aromatic rings. The lowest BCUT2D eigenvalue weighted by Gasteiger charge is -2.28. The molecule has 2 unspecified atom stereocenters. The van der Waals surface area contributed by atoms with Crippen LogP contribution in [-0.4, -0.2) is 33.3 Å². The van der Waals surface area contributed by atoms with E-state index in [0.29, 0.717) is 17.4 Å². The van der Waals surface area contributed by atoms with E-state index >= 15 is 0 Å². The number of carbonyl (C=O) groups excluding carboxylic acids is 1. The number of aliphatic hydroxyl groups excluding tert-OH is 1. The van der Waals surface area contributed by atoms with Gasteiger partial charge in [-0.15, -0.1) is 0 Å². The van der Waals surface area contributed by atoms with Gasteiger partial charge < -0.3 is 14.9 Å². The summed E-state index contributed by atoms with van der Waals surface area (Å²) in [6, 6.07) is 6.98. The number of rotatable bonds is 4. The minimum atomic E-state index is -0.443. The van der Waals surface area contributed by atoms with Crippen LogP contribution in [0.15, 0.2) is 28.8 Å². The van der Waals surface area contributed by atoms with Gasteiger partial charge in [-0.1, -0.05) is 18.0 Å². The molecule has 0 spiro atoms. The Kier molecular flexibility index (Phi) is 4.06. The molecule has 2 atom stereocenters. The fraction of sp³-hybridized carbons (Fsp3) is 0.500. The molecule has 1 aromatic carbocycles. The van der Waals surface area contributed by atoms with E-state index in [1.165, 1.54) is 0 Å². The van der Waals surface area contributed by atoms with Crippen LogP contribution in [0.1, 0.15) is 60.6 Å². The zero-order valence-corrected chi connectivity index (χ0v) is 13.4. The maximum absolute atomic E-state index is 12.3. The fourth-order valence-electron chi connectivity index (χ4n) is 3.16. The fourth-order valence-corrected chi connectivity index (χ4v) is 3.16. The first-order valence-corrected chi connectivity index (χ1v) is 8.63. The van der Waals surface area contributed by atoms with Gasteiger partial charge in [-0.2, -0.15) is 4.98 Å². The largest absolute Gasteiger partial charge is 0.391 e. The Morgan fingerprint density at radius 1 is 1.12 bits per heavy atom. The van der Waals surface area contributed by atoms with Crippen molar-refractivity contribution in [3.05, 3.63) is 35.7 Å². The summed E-state index contributed by atoms with van der Waals surface area (Å²) in [6.45, 7) is 0. The smallest absolute Gasteiger partial charge is 0.257 e. The van der Waals surface area contributed by atoms with Crippen LogP contribution < -0.4 is 5.32 Å². The van der Waals surface area contributed by atoms with Crippen molar-refractivity contribution in [2.24, 2.45) is 0 Å². The van der Waals surface area contributed by atoms with Crippen molar-refractivity contribution >= 4 is 5.91 Å². The SMILES string of the molecule is O=C(NC1CCCCC1O)c1ccc(-c2nc(C3CC3)no2)cc1. The third kappa shape index (κ3) is 3.19. The lowest BCUT2D eigenvalue weighted by atomic mass is 9.92. The van der Waals surface area contributed by atoms with E-state index in [4.69, 9.17) is 4.52 Å². The van der Waals surface area contributed by atoms with Crippen LogP contribution in [0.2, 0.25) is 0 Å². The molecule has 0 saturated heterocycles. The second-order valence-corrected chi connectivity index (χ2v) is 6.74. The van der Waals surface area contributed by atoms with Crippen LogP contribution >= 0.6 is 0 Å². The minimum absolute atomic E-state index is 0.150. The molecule has 0 radical (unpaired) electrons. The maximum atomic E-state index is 12.3. The monoisotopic (exact) mass is 327 g/mol. The molecule has 2 N–H and O–H groups in total. The first kappa shape index (κ1) is 15.3. The van der Waals surface area contributed by atoms with Crippen LogP contribution in [-0.2, 0) is 0 Å². The molecule has 2 fully saturated rings. The van der Waals surface area contributed by atoms with Crippen molar-refractivity contribution < 1.29 is 14.4 Å². The van der Waals surface area contributed by atoms with Gasteiger partial charge in [0.2, 0.25) is 0 Å². The summed E-state index contributed by atoms with van der Waals surface area (Å²) in [5.41, 5.74) is 1.38. The topological polar surface area (TPSA) is 88.2 Å². The van der Waals surface area contributed by atoms with Crippen molar-refractivity contribution in [3.8, 4) is 11.5 Å². The van der Waals surface area contributed by atoms with Gasteiger partial charge in [-0.05, 0) is 49.9 Å². The van der Waals surface area contributed by atoms with Crippen molar-refractivity contribution in [3.63, 3.8) is 0 Å². The van der Waals surface area contributed by atoms with Gasteiger partial charge in [0.15, 0.2) is 5.82 Å². The average molecular weight is 327 g/mol. The number of hydrogen-bond donors (Lipinski definition) is 2. The van der Waals surface area contributed by atoms with Crippen LogP contribution in [0.3, 0.4) is 0 Å². The Bertz CT molecular complexity index is 721. The van der Waals surface area contributed by atoms with Crippen LogP contribution in [0, 0.1) is 0 Å². The predicted octanol–water partition coefficient (Wildman–Crippen LogP) is 2.65. The van der Waals surface area contributed by atoms with Crippen LogP contribution in [0.25, 0.3) is 11.5 Å². The van der Waals surface area contributed by atoms with E-state index in [0.717, 1.165) is 49.9 Å². The molecule has 6 heteroatoms.